The molecule has 0 saturated heterocycles. The van der Waals surface area contributed by atoms with Crippen molar-refractivity contribution in [2.45, 2.75) is 31.7 Å². The van der Waals surface area contributed by atoms with Crippen LogP contribution >= 0.6 is 12.4 Å². The summed E-state index contributed by atoms with van der Waals surface area (Å²) in [5, 5.41) is 2.98. The van der Waals surface area contributed by atoms with E-state index in [1.54, 1.807) is 25.3 Å². The third-order valence-electron chi connectivity index (χ3n) is 8.28. The highest BCUT2D eigenvalue weighted by Crippen LogP contribution is 2.40. The Morgan fingerprint density at radius 1 is 0.936 bits per heavy atom. The van der Waals surface area contributed by atoms with E-state index in [4.69, 9.17) is 24.7 Å². The Bertz CT molecular complexity index is 1700. The van der Waals surface area contributed by atoms with Gasteiger partial charge in [0, 0.05) is 31.6 Å². The third-order valence-corrected chi connectivity index (χ3v) is 8.28. The zero-order valence-electron chi connectivity index (χ0n) is 26.4. The highest BCUT2D eigenvalue weighted by Gasteiger charge is 2.33. The van der Waals surface area contributed by atoms with Gasteiger partial charge < -0.3 is 34.9 Å². The SMILES string of the molecule is COc1ccc(C(=O)N2CCc3cc4ccc3C2c2cccc(c2)OCCCNC(=O)CCc2ccc(cc2)O4)cc1OCCN.Cl. The second-order valence-corrected chi connectivity index (χ2v) is 11.4. The molecular weight excluding hydrogens is 618 g/mol. The van der Waals surface area contributed by atoms with Gasteiger partial charge in [-0.05, 0) is 96.1 Å². The predicted molar refractivity (Wildman–Crippen MR) is 182 cm³/mol. The van der Waals surface area contributed by atoms with Crippen LogP contribution in [-0.4, -0.2) is 56.7 Å². The van der Waals surface area contributed by atoms with Gasteiger partial charge in [0.1, 0.15) is 23.9 Å². The van der Waals surface area contributed by atoms with Crippen LogP contribution in [0.4, 0.5) is 0 Å². The first-order valence-electron chi connectivity index (χ1n) is 15.7. The van der Waals surface area contributed by atoms with Crippen LogP contribution < -0.4 is 30.0 Å². The van der Waals surface area contributed by atoms with Gasteiger partial charge in [-0.25, -0.2) is 0 Å². The molecule has 5 aliphatic rings. The summed E-state index contributed by atoms with van der Waals surface area (Å²) in [4.78, 5) is 28.5. The second-order valence-electron chi connectivity index (χ2n) is 11.4. The van der Waals surface area contributed by atoms with E-state index in [1.165, 1.54) is 0 Å². The fraction of sp³-hybridized carbons (Fsp3) is 0.297. The molecule has 9 nitrogen and oxygen atoms in total. The summed E-state index contributed by atoms with van der Waals surface area (Å²) >= 11 is 0. The maximum Gasteiger partial charge on any atom is 0.254 e. The molecule has 0 saturated carbocycles. The second kappa shape index (κ2) is 15.7. The Balaban J connectivity index is 0.00000433. The number of nitrogens with two attached hydrogens (primary N) is 1. The number of hydrogen-bond donors (Lipinski definition) is 2. The molecule has 9 rings (SSSR count). The van der Waals surface area contributed by atoms with Gasteiger partial charge in [-0.3, -0.25) is 9.59 Å². The van der Waals surface area contributed by atoms with Gasteiger partial charge in [-0.2, -0.15) is 0 Å². The lowest BCUT2D eigenvalue weighted by Crippen LogP contribution is -2.40. The van der Waals surface area contributed by atoms with E-state index in [9.17, 15) is 9.59 Å². The number of rotatable bonds is 5. The standard InChI is InChI=1S/C37H39N3O6.ClH/c1-43-33-14-9-28(24-34(33)45-21-17-38)37(42)40-19-16-26-22-31-12-13-32(26)36(40)27-4-2-5-30(23-27)44-20-3-18-39-35(41)15-8-25-6-10-29(46-31)11-7-25;/h2,4-7,9-14,22-24,36H,3,8,15-21,38H2,1H3,(H,39,41);1H. The Hall–Kier alpha value is -4.73. The molecule has 3 N–H and O–H groups in total. The lowest BCUT2D eigenvalue weighted by atomic mass is 9.87. The maximum absolute atomic E-state index is 14.3. The van der Waals surface area contributed by atoms with Crippen LogP contribution in [0.25, 0.3) is 0 Å². The van der Waals surface area contributed by atoms with Crippen molar-refractivity contribution in [1.29, 1.82) is 0 Å². The number of benzene rings is 4. The van der Waals surface area contributed by atoms with Crippen molar-refractivity contribution >= 4 is 24.2 Å². The smallest absolute Gasteiger partial charge is 0.254 e. The van der Waals surface area contributed by atoms with Crippen LogP contribution in [0.15, 0.2) is 84.9 Å². The van der Waals surface area contributed by atoms with E-state index in [-0.39, 0.29) is 30.3 Å². The monoisotopic (exact) mass is 657 g/mol. The number of aryl methyl sites for hydroxylation is 1. The van der Waals surface area contributed by atoms with E-state index in [2.05, 4.69) is 17.4 Å². The van der Waals surface area contributed by atoms with Gasteiger partial charge in [0.15, 0.2) is 11.5 Å². The van der Waals surface area contributed by atoms with Crippen LogP contribution in [0.1, 0.15) is 51.5 Å². The first kappa shape index (κ1) is 33.6. The molecule has 47 heavy (non-hydrogen) atoms. The van der Waals surface area contributed by atoms with Gasteiger partial charge in [0.25, 0.3) is 5.91 Å². The normalized spacial score (nSPS) is 16.1. The molecule has 10 heteroatoms. The van der Waals surface area contributed by atoms with Crippen molar-refractivity contribution in [3.05, 3.63) is 113 Å². The molecule has 246 valence electrons. The van der Waals surface area contributed by atoms with Gasteiger partial charge in [0.2, 0.25) is 5.91 Å². The summed E-state index contributed by atoms with van der Waals surface area (Å²) in [5.74, 6) is 3.07. The first-order valence-corrected chi connectivity index (χ1v) is 15.7. The van der Waals surface area contributed by atoms with Crippen molar-refractivity contribution < 1.29 is 28.5 Å². The number of nitrogens with one attached hydrogen (secondary N) is 1. The number of ether oxygens (including phenoxy) is 4. The third kappa shape index (κ3) is 7.99. The van der Waals surface area contributed by atoms with Crippen molar-refractivity contribution in [2.24, 2.45) is 5.73 Å². The number of carbonyl (C=O) groups excluding carboxylic acids is 2. The minimum atomic E-state index is -0.364. The number of methoxy groups -OCH3 is 1. The molecule has 0 fully saturated rings. The number of nitrogens with zero attached hydrogens (tertiary/aromatic N) is 1. The van der Waals surface area contributed by atoms with E-state index in [1.807, 2.05) is 59.5 Å². The quantitative estimate of drug-likeness (QED) is 0.276. The zero-order valence-corrected chi connectivity index (χ0v) is 27.2. The molecule has 0 aromatic heterocycles. The highest BCUT2D eigenvalue weighted by atomic mass is 35.5. The van der Waals surface area contributed by atoms with E-state index < -0.39 is 0 Å². The molecule has 5 aliphatic heterocycles. The summed E-state index contributed by atoms with van der Waals surface area (Å²) < 4.78 is 23.6. The van der Waals surface area contributed by atoms with Crippen molar-refractivity contribution in [2.75, 3.05) is 40.0 Å². The summed E-state index contributed by atoms with van der Waals surface area (Å²) in [6, 6.07) is 26.7. The number of hydrogen-bond acceptors (Lipinski definition) is 7. The predicted octanol–water partition coefficient (Wildman–Crippen LogP) is 5.87. The Morgan fingerprint density at radius 3 is 2.57 bits per heavy atom. The summed E-state index contributed by atoms with van der Waals surface area (Å²) in [5.41, 5.74) is 10.3. The average molecular weight is 658 g/mol. The number of amides is 2. The van der Waals surface area contributed by atoms with Gasteiger partial charge in [-0.15, -0.1) is 12.4 Å². The molecule has 0 aliphatic carbocycles. The molecule has 0 spiro atoms. The summed E-state index contributed by atoms with van der Waals surface area (Å²) in [6.07, 6.45) is 2.41. The van der Waals surface area contributed by atoms with Crippen LogP contribution in [0.2, 0.25) is 0 Å². The van der Waals surface area contributed by atoms with E-state index in [0.29, 0.717) is 81.3 Å². The van der Waals surface area contributed by atoms with Crippen LogP contribution in [-0.2, 0) is 17.6 Å². The molecule has 8 bridgehead atoms. The fourth-order valence-corrected chi connectivity index (χ4v) is 5.97. The molecular formula is C37H40ClN3O6. The van der Waals surface area contributed by atoms with E-state index in [0.717, 1.165) is 33.8 Å². The topological polar surface area (TPSA) is 112 Å². The molecule has 2 amide bonds. The Morgan fingerprint density at radius 2 is 1.77 bits per heavy atom. The highest BCUT2D eigenvalue weighted by molar-refractivity contribution is 5.95. The van der Waals surface area contributed by atoms with Gasteiger partial charge >= 0.3 is 0 Å². The van der Waals surface area contributed by atoms with Crippen molar-refractivity contribution in [3.63, 3.8) is 0 Å². The molecule has 1 atom stereocenters. The Labute approximate surface area is 281 Å². The van der Waals surface area contributed by atoms with Crippen LogP contribution in [0.3, 0.4) is 0 Å². The number of halogens is 1. The largest absolute Gasteiger partial charge is 0.494 e. The minimum Gasteiger partial charge on any atom is -0.494 e. The van der Waals surface area contributed by atoms with E-state index >= 15 is 0 Å². The lowest BCUT2D eigenvalue weighted by Gasteiger charge is -2.38. The minimum absolute atomic E-state index is 0. The van der Waals surface area contributed by atoms with Crippen molar-refractivity contribution in [3.8, 4) is 28.7 Å². The summed E-state index contributed by atoms with van der Waals surface area (Å²) in [6.45, 7) is 2.14. The molecule has 4 aromatic rings. The molecule has 0 radical (unpaired) electrons. The molecule has 5 heterocycles. The molecule has 1 unspecified atom stereocenters. The van der Waals surface area contributed by atoms with Crippen molar-refractivity contribution in [1.82, 2.24) is 10.2 Å². The van der Waals surface area contributed by atoms with Gasteiger partial charge in [-0.1, -0.05) is 30.3 Å². The molecule has 4 aromatic carbocycles. The fourth-order valence-electron chi connectivity index (χ4n) is 5.97. The maximum atomic E-state index is 14.3. The summed E-state index contributed by atoms with van der Waals surface area (Å²) in [7, 11) is 1.57. The number of carbonyl (C=O) groups is 2. The van der Waals surface area contributed by atoms with Crippen LogP contribution in [0, 0.1) is 0 Å². The first-order chi connectivity index (χ1) is 22.5. The van der Waals surface area contributed by atoms with Gasteiger partial charge in [0.05, 0.1) is 19.8 Å². The van der Waals surface area contributed by atoms with Crippen LogP contribution in [0.5, 0.6) is 28.7 Å². The Kier molecular flexibility index (Phi) is 11.2. The zero-order chi connectivity index (χ0) is 31.9. The average Bonchev–Trinajstić information content (AvgIpc) is 3.09. The lowest BCUT2D eigenvalue weighted by molar-refractivity contribution is -0.121.